The third-order valence-corrected chi connectivity index (χ3v) is 6.97. The molecule has 0 spiro atoms. The van der Waals surface area contributed by atoms with Crippen LogP contribution in [0.4, 0.5) is 15.6 Å². The summed E-state index contributed by atoms with van der Waals surface area (Å²) >= 11 is 10.8. The Morgan fingerprint density at radius 1 is 1.09 bits per heavy atom. The molecule has 2 aromatic carbocycles. The third-order valence-electron chi connectivity index (χ3n) is 5.21. The number of nitrogens with zero attached hydrogens (tertiary/aromatic N) is 4. The Hall–Kier alpha value is -2.20. The normalized spacial score (nSPS) is 14.4. The van der Waals surface area contributed by atoms with Gasteiger partial charge in [-0.15, -0.1) is 0 Å². The molecule has 2 N–H and O–H groups in total. The van der Waals surface area contributed by atoms with Crippen LogP contribution in [0.5, 0.6) is 0 Å². The summed E-state index contributed by atoms with van der Waals surface area (Å²) in [6.07, 6.45) is 0.709. The highest BCUT2D eigenvalue weighted by atomic mass is 79.9. The van der Waals surface area contributed by atoms with Crippen LogP contribution in [-0.4, -0.2) is 59.6 Å². The predicted molar refractivity (Wildman–Crippen MR) is 134 cm³/mol. The van der Waals surface area contributed by atoms with E-state index in [-0.39, 0.29) is 6.03 Å². The molecule has 7 nitrogen and oxygen atoms in total. The van der Waals surface area contributed by atoms with Crippen LogP contribution in [-0.2, 0) is 6.42 Å². The maximum atomic E-state index is 12.1. The third kappa shape index (κ3) is 6.41. The van der Waals surface area contributed by atoms with Gasteiger partial charge in [-0.1, -0.05) is 35.9 Å². The maximum Gasteiger partial charge on any atom is 0.319 e. The maximum absolute atomic E-state index is 12.1. The molecule has 1 aromatic heterocycles. The molecule has 0 saturated carbocycles. The number of halogens is 2. The second kappa shape index (κ2) is 11.1. The Morgan fingerprint density at radius 2 is 1.84 bits per heavy atom. The standard InChI is InChI=1S/C22H24BrClN6OS/c23-18-3-1-2-4-19(18)26-21(31)25-9-10-29-11-13-30(14-12-29)22-27-20(28-32-22)15-16-5-7-17(24)8-6-16/h1-8H,9-15H2,(H2,25,26,31). The van der Waals surface area contributed by atoms with E-state index in [2.05, 4.69) is 40.7 Å². The Kier molecular flexibility index (Phi) is 7.96. The van der Waals surface area contributed by atoms with Crippen molar-refractivity contribution in [2.75, 3.05) is 49.5 Å². The largest absolute Gasteiger partial charge is 0.344 e. The van der Waals surface area contributed by atoms with Gasteiger partial charge in [0.2, 0.25) is 5.13 Å². The summed E-state index contributed by atoms with van der Waals surface area (Å²) in [7, 11) is 0. The van der Waals surface area contributed by atoms with Gasteiger partial charge in [-0.05, 0) is 45.8 Å². The number of para-hydroxylation sites is 1. The monoisotopic (exact) mass is 534 g/mol. The fourth-order valence-electron chi connectivity index (χ4n) is 3.45. The molecule has 3 aromatic rings. The number of rotatable bonds is 7. The average molecular weight is 536 g/mol. The first-order valence-corrected chi connectivity index (χ1v) is 12.3. The zero-order valence-electron chi connectivity index (χ0n) is 17.4. The van der Waals surface area contributed by atoms with Crippen molar-refractivity contribution in [3.8, 4) is 0 Å². The van der Waals surface area contributed by atoms with Crippen molar-refractivity contribution in [1.82, 2.24) is 19.6 Å². The number of carbonyl (C=O) groups is 1. The summed E-state index contributed by atoms with van der Waals surface area (Å²) in [6.45, 7) is 5.08. The number of carbonyl (C=O) groups excluding carboxylic acids is 1. The van der Waals surface area contributed by atoms with Crippen LogP contribution < -0.4 is 15.5 Å². The molecule has 0 aliphatic carbocycles. The molecule has 10 heteroatoms. The Morgan fingerprint density at radius 3 is 2.59 bits per heavy atom. The smallest absolute Gasteiger partial charge is 0.319 e. The van der Waals surface area contributed by atoms with Crippen molar-refractivity contribution in [2.24, 2.45) is 0 Å². The minimum absolute atomic E-state index is 0.197. The van der Waals surface area contributed by atoms with Gasteiger partial charge in [0.15, 0.2) is 0 Å². The number of benzene rings is 2. The van der Waals surface area contributed by atoms with E-state index < -0.39 is 0 Å². The number of hydrogen-bond acceptors (Lipinski definition) is 6. The molecule has 32 heavy (non-hydrogen) atoms. The number of urea groups is 1. The van der Waals surface area contributed by atoms with Crippen molar-refractivity contribution in [3.05, 3.63) is 69.4 Å². The highest BCUT2D eigenvalue weighted by molar-refractivity contribution is 9.10. The summed E-state index contributed by atoms with van der Waals surface area (Å²) in [5.74, 6) is 0.843. The van der Waals surface area contributed by atoms with Gasteiger partial charge < -0.3 is 15.5 Å². The summed E-state index contributed by atoms with van der Waals surface area (Å²) in [4.78, 5) is 21.5. The van der Waals surface area contributed by atoms with Crippen LogP contribution in [0, 0.1) is 0 Å². The summed E-state index contributed by atoms with van der Waals surface area (Å²) in [6, 6.07) is 15.2. The first-order chi connectivity index (χ1) is 15.6. The van der Waals surface area contributed by atoms with Crippen molar-refractivity contribution in [2.45, 2.75) is 6.42 Å². The lowest BCUT2D eigenvalue weighted by Gasteiger charge is -2.34. The topological polar surface area (TPSA) is 73.4 Å². The zero-order valence-corrected chi connectivity index (χ0v) is 20.6. The van der Waals surface area contributed by atoms with E-state index in [1.165, 1.54) is 11.5 Å². The summed E-state index contributed by atoms with van der Waals surface area (Å²) in [5.41, 5.74) is 1.91. The Balaban J connectivity index is 1.18. The highest BCUT2D eigenvalue weighted by Gasteiger charge is 2.20. The zero-order chi connectivity index (χ0) is 22.3. The van der Waals surface area contributed by atoms with Gasteiger partial charge in [0.1, 0.15) is 5.82 Å². The molecular weight excluding hydrogens is 512 g/mol. The molecule has 2 heterocycles. The molecule has 1 fully saturated rings. The van der Waals surface area contributed by atoms with E-state index in [0.29, 0.717) is 13.0 Å². The highest BCUT2D eigenvalue weighted by Crippen LogP contribution is 2.22. The van der Waals surface area contributed by atoms with E-state index in [1.807, 2.05) is 48.5 Å². The van der Waals surface area contributed by atoms with Crippen LogP contribution >= 0.6 is 39.1 Å². The second-order valence-electron chi connectivity index (χ2n) is 7.49. The quantitative estimate of drug-likeness (QED) is 0.466. The van der Waals surface area contributed by atoms with Crippen molar-refractivity contribution in [3.63, 3.8) is 0 Å². The predicted octanol–water partition coefficient (Wildman–Crippen LogP) is 4.49. The number of aromatic nitrogens is 2. The lowest BCUT2D eigenvalue weighted by Crippen LogP contribution is -2.48. The van der Waals surface area contributed by atoms with Crippen LogP contribution in [0.1, 0.15) is 11.4 Å². The molecule has 2 amide bonds. The van der Waals surface area contributed by atoms with Crippen LogP contribution in [0.15, 0.2) is 53.0 Å². The molecule has 1 aliphatic rings. The Labute approximate surface area is 205 Å². The SMILES string of the molecule is O=C(NCCN1CCN(c2nc(Cc3ccc(Cl)cc3)ns2)CC1)Nc1ccccc1Br. The Bertz CT molecular complexity index is 1040. The van der Waals surface area contributed by atoms with E-state index in [9.17, 15) is 4.79 Å². The average Bonchev–Trinajstić information content (AvgIpc) is 3.26. The van der Waals surface area contributed by atoms with E-state index in [4.69, 9.17) is 16.6 Å². The molecule has 0 radical (unpaired) electrons. The second-order valence-corrected chi connectivity index (χ2v) is 9.51. The van der Waals surface area contributed by atoms with Crippen LogP contribution in [0.2, 0.25) is 5.02 Å². The van der Waals surface area contributed by atoms with Gasteiger partial charge in [-0.25, -0.2) is 9.78 Å². The molecule has 4 rings (SSSR count). The molecule has 1 saturated heterocycles. The first kappa shape index (κ1) is 23.0. The van der Waals surface area contributed by atoms with E-state index in [0.717, 1.165) is 64.4 Å². The molecule has 168 valence electrons. The van der Waals surface area contributed by atoms with Gasteiger partial charge in [0, 0.05) is 66.7 Å². The van der Waals surface area contributed by atoms with Gasteiger partial charge in [-0.2, -0.15) is 4.37 Å². The lowest BCUT2D eigenvalue weighted by atomic mass is 10.1. The fourth-order valence-corrected chi connectivity index (χ4v) is 4.70. The molecule has 1 aliphatic heterocycles. The summed E-state index contributed by atoms with van der Waals surface area (Å²) in [5, 5.41) is 7.49. The van der Waals surface area contributed by atoms with E-state index >= 15 is 0 Å². The number of anilines is 2. The number of hydrogen-bond donors (Lipinski definition) is 2. The minimum atomic E-state index is -0.197. The first-order valence-electron chi connectivity index (χ1n) is 10.4. The molecule has 0 bridgehead atoms. The summed E-state index contributed by atoms with van der Waals surface area (Å²) < 4.78 is 5.38. The van der Waals surface area contributed by atoms with Gasteiger partial charge in [0.25, 0.3) is 0 Å². The fraction of sp³-hybridized carbons (Fsp3) is 0.318. The van der Waals surface area contributed by atoms with Crippen LogP contribution in [0.3, 0.4) is 0 Å². The number of nitrogens with one attached hydrogen (secondary N) is 2. The van der Waals surface area contributed by atoms with Crippen molar-refractivity contribution >= 4 is 55.9 Å². The minimum Gasteiger partial charge on any atom is -0.344 e. The molecule has 0 atom stereocenters. The van der Waals surface area contributed by atoms with Crippen molar-refractivity contribution in [1.29, 1.82) is 0 Å². The van der Waals surface area contributed by atoms with Gasteiger partial charge in [0.05, 0.1) is 5.69 Å². The van der Waals surface area contributed by atoms with Gasteiger partial charge >= 0.3 is 6.03 Å². The number of piperazine rings is 1. The number of amides is 2. The molecular formula is C22H24BrClN6OS. The molecule has 0 unspecified atom stereocenters. The van der Waals surface area contributed by atoms with E-state index in [1.54, 1.807) is 0 Å². The van der Waals surface area contributed by atoms with Crippen LogP contribution in [0.25, 0.3) is 0 Å². The van der Waals surface area contributed by atoms with Crippen molar-refractivity contribution < 1.29 is 4.79 Å². The lowest BCUT2D eigenvalue weighted by molar-refractivity contribution is 0.240. The van der Waals surface area contributed by atoms with Gasteiger partial charge in [-0.3, -0.25) is 4.90 Å².